The summed E-state index contributed by atoms with van der Waals surface area (Å²) in [5.41, 5.74) is 7.14. The molecule has 0 bridgehead atoms. The van der Waals surface area contributed by atoms with Gasteiger partial charge in [-0.1, -0.05) is 19.1 Å². The van der Waals surface area contributed by atoms with E-state index in [1.54, 1.807) is 0 Å². The Bertz CT molecular complexity index is 320. The lowest BCUT2D eigenvalue weighted by molar-refractivity contribution is 0.554. The van der Waals surface area contributed by atoms with Crippen LogP contribution in [0.1, 0.15) is 24.9 Å². The van der Waals surface area contributed by atoms with Crippen molar-refractivity contribution < 1.29 is 4.43 Å². The summed E-state index contributed by atoms with van der Waals surface area (Å²) < 4.78 is 5.92. The van der Waals surface area contributed by atoms with Gasteiger partial charge in [0.1, 0.15) is 5.75 Å². The lowest BCUT2D eigenvalue weighted by Gasteiger charge is -2.20. The van der Waals surface area contributed by atoms with E-state index in [1.807, 2.05) is 12.1 Å². The molecule has 0 aromatic heterocycles. The zero-order valence-corrected chi connectivity index (χ0v) is 11.1. The molecule has 2 N–H and O–H groups in total. The molecule has 0 amide bonds. The van der Waals surface area contributed by atoms with Crippen LogP contribution in [0.5, 0.6) is 5.75 Å². The van der Waals surface area contributed by atoms with Crippen LogP contribution >= 0.6 is 0 Å². The summed E-state index contributed by atoms with van der Waals surface area (Å²) in [5, 5.41) is 0. The van der Waals surface area contributed by atoms with Crippen LogP contribution in [-0.4, -0.2) is 8.32 Å². The molecule has 0 spiro atoms. The van der Waals surface area contributed by atoms with Crippen LogP contribution in [0.2, 0.25) is 19.6 Å². The van der Waals surface area contributed by atoms with Crippen molar-refractivity contribution >= 4 is 8.32 Å². The monoisotopic (exact) mass is 223 g/mol. The minimum Gasteiger partial charge on any atom is -0.544 e. The fourth-order valence-electron chi connectivity index (χ4n) is 1.40. The first kappa shape index (κ1) is 12.3. The Hall–Kier alpha value is -0.803. The average Bonchev–Trinajstić information content (AvgIpc) is 2.14. The van der Waals surface area contributed by atoms with Crippen molar-refractivity contribution in [3.05, 3.63) is 29.8 Å². The number of hydrogen-bond donors (Lipinski definition) is 1. The molecule has 0 radical (unpaired) electrons. The fourth-order valence-corrected chi connectivity index (χ4v) is 2.23. The molecule has 1 rings (SSSR count). The van der Waals surface area contributed by atoms with E-state index < -0.39 is 8.32 Å². The van der Waals surface area contributed by atoms with E-state index >= 15 is 0 Å². The first-order chi connectivity index (χ1) is 6.92. The molecule has 1 unspecified atom stereocenters. The van der Waals surface area contributed by atoms with Gasteiger partial charge in [-0.15, -0.1) is 0 Å². The molecule has 0 saturated heterocycles. The van der Waals surface area contributed by atoms with Gasteiger partial charge in [0.05, 0.1) is 0 Å². The van der Waals surface area contributed by atoms with Crippen molar-refractivity contribution in [1.29, 1.82) is 0 Å². The molecule has 0 heterocycles. The predicted octanol–water partition coefficient (Wildman–Crippen LogP) is 3.31. The summed E-state index contributed by atoms with van der Waals surface area (Å²) in [5.74, 6) is 0.954. The fraction of sp³-hybridized carbons (Fsp3) is 0.500. The minimum atomic E-state index is -1.51. The molecule has 1 aromatic carbocycles. The lowest BCUT2D eigenvalue weighted by Crippen LogP contribution is -2.29. The van der Waals surface area contributed by atoms with Crippen LogP contribution in [0.25, 0.3) is 0 Å². The molecule has 1 atom stereocenters. The highest BCUT2D eigenvalue weighted by Crippen LogP contribution is 2.21. The van der Waals surface area contributed by atoms with Crippen molar-refractivity contribution in [2.24, 2.45) is 5.73 Å². The second-order valence-corrected chi connectivity index (χ2v) is 9.23. The van der Waals surface area contributed by atoms with Gasteiger partial charge in [-0.25, -0.2) is 0 Å². The maximum absolute atomic E-state index is 5.98. The molecule has 0 fully saturated rings. The van der Waals surface area contributed by atoms with Crippen LogP contribution in [0.4, 0.5) is 0 Å². The lowest BCUT2D eigenvalue weighted by atomic mass is 10.1. The highest BCUT2D eigenvalue weighted by Gasteiger charge is 2.16. The van der Waals surface area contributed by atoms with Crippen LogP contribution < -0.4 is 10.2 Å². The Morgan fingerprint density at radius 2 is 2.00 bits per heavy atom. The molecule has 15 heavy (non-hydrogen) atoms. The normalized spacial score (nSPS) is 13.7. The minimum absolute atomic E-state index is 0.121. The van der Waals surface area contributed by atoms with Gasteiger partial charge in [-0.2, -0.15) is 0 Å². The Morgan fingerprint density at radius 1 is 1.33 bits per heavy atom. The van der Waals surface area contributed by atoms with Gasteiger partial charge in [-0.3, -0.25) is 0 Å². The quantitative estimate of drug-likeness (QED) is 0.795. The topological polar surface area (TPSA) is 35.2 Å². The van der Waals surface area contributed by atoms with E-state index in [9.17, 15) is 0 Å². The molecule has 1 aromatic rings. The third-order valence-electron chi connectivity index (χ3n) is 2.15. The van der Waals surface area contributed by atoms with Gasteiger partial charge in [0.15, 0.2) is 0 Å². The van der Waals surface area contributed by atoms with Crippen LogP contribution in [0.3, 0.4) is 0 Å². The molecule has 2 nitrogen and oxygen atoms in total. The molecular weight excluding hydrogens is 202 g/mol. The first-order valence-corrected chi connectivity index (χ1v) is 8.88. The van der Waals surface area contributed by atoms with Gasteiger partial charge < -0.3 is 10.2 Å². The number of rotatable bonds is 4. The van der Waals surface area contributed by atoms with Crippen molar-refractivity contribution in [2.45, 2.75) is 39.0 Å². The summed E-state index contributed by atoms with van der Waals surface area (Å²) >= 11 is 0. The predicted molar refractivity (Wildman–Crippen MR) is 67.6 cm³/mol. The van der Waals surface area contributed by atoms with Gasteiger partial charge in [0, 0.05) is 6.04 Å². The highest BCUT2D eigenvalue weighted by molar-refractivity contribution is 6.70. The van der Waals surface area contributed by atoms with E-state index in [2.05, 4.69) is 38.7 Å². The summed E-state index contributed by atoms with van der Waals surface area (Å²) in [4.78, 5) is 0. The number of hydrogen-bond acceptors (Lipinski definition) is 2. The number of benzene rings is 1. The molecule has 3 heteroatoms. The van der Waals surface area contributed by atoms with E-state index in [4.69, 9.17) is 10.2 Å². The SMILES string of the molecule is CCC(N)c1cccc(O[Si](C)(C)C)c1. The molecule has 0 saturated carbocycles. The summed E-state index contributed by atoms with van der Waals surface area (Å²) in [6, 6.07) is 8.26. The van der Waals surface area contributed by atoms with Gasteiger partial charge in [-0.05, 0) is 43.8 Å². The third-order valence-corrected chi connectivity index (χ3v) is 3.00. The smallest absolute Gasteiger partial charge is 0.242 e. The van der Waals surface area contributed by atoms with Crippen LogP contribution in [-0.2, 0) is 0 Å². The summed E-state index contributed by atoms with van der Waals surface area (Å²) in [6.45, 7) is 8.63. The van der Waals surface area contributed by atoms with E-state index in [0.717, 1.165) is 17.7 Å². The third kappa shape index (κ3) is 4.06. The largest absolute Gasteiger partial charge is 0.544 e. The Kier molecular flexibility index (Phi) is 3.94. The maximum Gasteiger partial charge on any atom is 0.242 e. The van der Waals surface area contributed by atoms with Crippen molar-refractivity contribution in [1.82, 2.24) is 0 Å². The number of nitrogens with two attached hydrogens (primary N) is 1. The van der Waals surface area contributed by atoms with Gasteiger partial charge >= 0.3 is 0 Å². The van der Waals surface area contributed by atoms with Crippen LogP contribution in [0.15, 0.2) is 24.3 Å². The van der Waals surface area contributed by atoms with E-state index in [1.165, 1.54) is 0 Å². The zero-order chi connectivity index (χ0) is 11.5. The van der Waals surface area contributed by atoms with E-state index in [0.29, 0.717) is 0 Å². The second-order valence-electron chi connectivity index (χ2n) is 4.80. The maximum atomic E-state index is 5.98. The van der Waals surface area contributed by atoms with Gasteiger partial charge in [0.2, 0.25) is 8.32 Å². The molecule has 84 valence electrons. The van der Waals surface area contributed by atoms with Crippen molar-refractivity contribution in [3.8, 4) is 5.75 Å². The average molecular weight is 223 g/mol. The Labute approximate surface area is 93.6 Å². The zero-order valence-electron chi connectivity index (χ0n) is 10.1. The Morgan fingerprint density at radius 3 is 2.53 bits per heavy atom. The summed E-state index contributed by atoms with van der Waals surface area (Å²) in [7, 11) is -1.51. The van der Waals surface area contributed by atoms with Gasteiger partial charge in [0.25, 0.3) is 0 Å². The van der Waals surface area contributed by atoms with Crippen molar-refractivity contribution in [3.63, 3.8) is 0 Å². The van der Waals surface area contributed by atoms with Crippen LogP contribution in [0, 0.1) is 0 Å². The summed E-state index contributed by atoms with van der Waals surface area (Å²) in [6.07, 6.45) is 0.955. The first-order valence-electron chi connectivity index (χ1n) is 5.47. The Balaban J connectivity index is 2.83. The molecule has 0 aliphatic heterocycles. The standard InChI is InChI=1S/C12H21NOSi/c1-5-12(13)10-7-6-8-11(9-10)14-15(2,3)4/h6-9,12H,5,13H2,1-4H3. The molecule has 0 aliphatic rings. The second kappa shape index (κ2) is 4.81. The van der Waals surface area contributed by atoms with Crippen molar-refractivity contribution in [2.75, 3.05) is 0 Å². The highest BCUT2D eigenvalue weighted by atomic mass is 28.4. The van der Waals surface area contributed by atoms with E-state index in [-0.39, 0.29) is 6.04 Å². The molecular formula is C12H21NOSi. The molecule has 0 aliphatic carbocycles.